The Kier molecular flexibility index (Phi) is 6.18. The Morgan fingerprint density at radius 2 is 2.10 bits per heavy atom. The molecule has 164 valence electrons. The van der Waals surface area contributed by atoms with Crippen LogP contribution in [0.15, 0.2) is 37.9 Å². The number of anilines is 1. The second-order valence-electron chi connectivity index (χ2n) is 7.63. The van der Waals surface area contributed by atoms with Crippen molar-refractivity contribution >= 4 is 56.1 Å². The van der Waals surface area contributed by atoms with E-state index in [1.807, 2.05) is 37.4 Å². The maximum Gasteiger partial charge on any atom is 0.271 e. The molecule has 3 heterocycles. The van der Waals surface area contributed by atoms with Crippen LogP contribution in [-0.2, 0) is 19.4 Å². The van der Waals surface area contributed by atoms with E-state index in [2.05, 4.69) is 15.4 Å². The average molecular weight is 479 g/mol. The zero-order valence-electron chi connectivity index (χ0n) is 17.1. The molecule has 2 aliphatic rings. The van der Waals surface area contributed by atoms with Crippen molar-refractivity contribution in [2.45, 2.75) is 48.4 Å². The molecule has 2 amide bonds. The molecule has 2 aromatic rings. The number of aromatic nitrogens is 1. The normalized spacial score (nSPS) is 20.6. The van der Waals surface area contributed by atoms with Gasteiger partial charge in [0.25, 0.3) is 5.91 Å². The Labute approximate surface area is 189 Å². The van der Waals surface area contributed by atoms with Gasteiger partial charge in [0, 0.05) is 34.5 Å². The Morgan fingerprint density at radius 1 is 1.29 bits per heavy atom. The number of nitrogens with one attached hydrogen (secondary N) is 1. The largest absolute Gasteiger partial charge is 0.321 e. The molecule has 1 aromatic heterocycles. The molecule has 31 heavy (non-hydrogen) atoms. The number of sulfone groups is 1. The van der Waals surface area contributed by atoms with E-state index in [0.29, 0.717) is 12.1 Å². The van der Waals surface area contributed by atoms with Gasteiger partial charge in [-0.05, 0) is 44.0 Å². The standard InChI is InChI=1S/C20H22N4O4S3/c1-12-9-15(30-20-21-13(2)10-29-20)3-4-16(12)22-19(26)17-5-6-18(25)24(23-17)14-7-8-31(27,28)11-14/h3-4,9-10,14H,5-8,11H2,1-2H3,(H,22,26). The topological polar surface area (TPSA) is 109 Å². The van der Waals surface area contributed by atoms with Crippen molar-refractivity contribution in [3.63, 3.8) is 0 Å². The number of nitrogens with zero attached hydrogens (tertiary/aromatic N) is 3. The van der Waals surface area contributed by atoms with Crippen molar-refractivity contribution in [2.75, 3.05) is 16.8 Å². The van der Waals surface area contributed by atoms with Crippen LogP contribution < -0.4 is 5.32 Å². The lowest BCUT2D eigenvalue weighted by molar-refractivity contribution is -0.133. The molecule has 0 bridgehead atoms. The summed E-state index contributed by atoms with van der Waals surface area (Å²) in [5.74, 6) is -0.678. The van der Waals surface area contributed by atoms with E-state index in [1.165, 1.54) is 5.01 Å². The van der Waals surface area contributed by atoms with Crippen LogP contribution in [0.3, 0.4) is 0 Å². The van der Waals surface area contributed by atoms with Crippen LogP contribution in [0.2, 0.25) is 0 Å². The minimum atomic E-state index is -3.15. The number of benzene rings is 1. The van der Waals surface area contributed by atoms with Gasteiger partial charge in [0.15, 0.2) is 14.2 Å². The summed E-state index contributed by atoms with van der Waals surface area (Å²) in [7, 11) is -3.15. The van der Waals surface area contributed by atoms with Gasteiger partial charge < -0.3 is 5.32 Å². The van der Waals surface area contributed by atoms with Gasteiger partial charge in [0.2, 0.25) is 5.91 Å². The van der Waals surface area contributed by atoms with Gasteiger partial charge in [-0.15, -0.1) is 11.3 Å². The first-order valence-corrected chi connectivity index (χ1v) is 13.3. The molecule has 8 nitrogen and oxygen atoms in total. The molecule has 2 aliphatic heterocycles. The second kappa shape index (κ2) is 8.71. The van der Waals surface area contributed by atoms with Gasteiger partial charge in [-0.3, -0.25) is 9.59 Å². The lowest BCUT2D eigenvalue weighted by Crippen LogP contribution is -2.42. The molecule has 0 spiro atoms. The molecule has 1 fully saturated rings. The Morgan fingerprint density at radius 3 is 2.74 bits per heavy atom. The number of hydrazone groups is 1. The Hall–Kier alpha value is -2.24. The first kappa shape index (κ1) is 22.0. The number of hydrogen-bond donors (Lipinski definition) is 1. The zero-order valence-corrected chi connectivity index (χ0v) is 19.6. The van der Waals surface area contributed by atoms with Crippen LogP contribution >= 0.6 is 23.1 Å². The lowest BCUT2D eigenvalue weighted by Gasteiger charge is -2.27. The number of amides is 2. The highest BCUT2D eigenvalue weighted by Crippen LogP contribution is 2.32. The molecule has 1 aromatic carbocycles. The monoisotopic (exact) mass is 478 g/mol. The highest BCUT2D eigenvalue weighted by Gasteiger charge is 2.37. The smallest absolute Gasteiger partial charge is 0.271 e. The predicted molar refractivity (Wildman–Crippen MR) is 121 cm³/mol. The van der Waals surface area contributed by atoms with Crippen molar-refractivity contribution < 1.29 is 18.0 Å². The van der Waals surface area contributed by atoms with Crippen LogP contribution in [0.1, 0.15) is 30.5 Å². The van der Waals surface area contributed by atoms with Crippen molar-refractivity contribution in [3.05, 3.63) is 34.8 Å². The summed E-state index contributed by atoms with van der Waals surface area (Å²) in [4.78, 5) is 30.5. The molecule has 1 atom stereocenters. The fraction of sp³-hybridized carbons (Fsp3) is 0.400. The van der Waals surface area contributed by atoms with E-state index in [4.69, 9.17) is 0 Å². The lowest BCUT2D eigenvalue weighted by atomic mass is 10.1. The van der Waals surface area contributed by atoms with Crippen molar-refractivity contribution in [1.82, 2.24) is 9.99 Å². The van der Waals surface area contributed by atoms with Gasteiger partial charge in [0.1, 0.15) is 5.71 Å². The fourth-order valence-electron chi connectivity index (χ4n) is 3.50. The number of thiazole rings is 1. The third-order valence-electron chi connectivity index (χ3n) is 5.13. The van der Waals surface area contributed by atoms with Crippen LogP contribution in [0.5, 0.6) is 0 Å². The number of hydrogen-bond acceptors (Lipinski definition) is 8. The molecule has 0 saturated carbocycles. The first-order chi connectivity index (χ1) is 14.7. The molecule has 0 aliphatic carbocycles. The van der Waals surface area contributed by atoms with Gasteiger partial charge in [-0.1, -0.05) is 11.8 Å². The molecule has 4 rings (SSSR count). The summed E-state index contributed by atoms with van der Waals surface area (Å²) >= 11 is 3.16. The van der Waals surface area contributed by atoms with E-state index >= 15 is 0 Å². The molecule has 11 heteroatoms. The second-order valence-corrected chi connectivity index (χ2v) is 12.0. The minimum absolute atomic E-state index is 0.0443. The van der Waals surface area contributed by atoms with E-state index < -0.39 is 15.9 Å². The highest BCUT2D eigenvalue weighted by atomic mass is 32.2. The van der Waals surface area contributed by atoms with Gasteiger partial charge in [-0.2, -0.15) is 5.10 Å². The van der Waals surface area contributed by atoms with Crippen molar-refractivity contribution in [1.29, 1.82) is 0 Å². The van der Waals surface area contributed by atoms with Crippen LogP contribution in [0, 0.1) is 13.8 Å². The van der Waals surface area contributed by atoms with Gasteiger partial charge in [-0.25, -0.2) is 18.4 Å². The van der Waals surface area contributed by atoms with Crippen LogP contribution in [0.4, 0.5) is 5.69 Å². The quantitative estimate of drug-likeness (QED) is 0.708. The zero-order chi connectivity index (χ0) is 22.2. The van der Waals surface area contributed by atoms with Crippen molar-refractivity contribution in [2.24, 2.45) is 5.10 Å². The summed E-state index contributed by atoms with van der Waals surface area (Å²) < 4.78 is 24.5. The third-order valence-corrected chi connectivity index (χ3v) is 8.92. The Balaban J connectivity index is 1.46. The number of carbonyl (C=O) groups excluding carboxylic acids is 2. The molecular weight excluding hydrogens is 456 g/mol. The van der Waals surface area contributed by atoms with Gasteiger partial charge in [0.05, 0.1) is 17.5 Å². The molecule has 1 unspecified atom stereocenters. The van der Waals surface area contributed by atoms with E-state index in [1.54, 1.807) is 23.1 Å². The minimum Gasteiger partial charge on any atom is -0.321 e. The maximum atomic E-state index is 12.8. The number of rotatable bonds is 5. The Bertz CT molecular complexity index is 1170. The van der Waals surface area contributed by atoms with Gasteiger partial charge >= 0.3 is 0 Å². The fourth-order valence-corrected chi connectivity index (χ4v) is 7.10. The van der Waals surface area contributed by atoms with Crippen LogP contribution in [0.25, 0.3) is 0 Å². The molecule has 1 N–H and O–H groups in total. The van der Waals surface area contributed by atoms with Crippen LogP contribution in [-0.4, -0.2) is 53.5 Å². The SMILES string of the molecule is Cc1csc(Sc2ccc(NC(=O)C3=NN(C4CCS(=O)(=O)C4)C(=O)CC3)c(C)c2)n1. The summed E-state index contributed by atoms with van der Waals surface area (Å²) in [5, 5.41) is 10.3. The summed E-state index contributed by atoms with van der Waals surface area (Å²) in [6.45, 7) is 3.87. The summed E-state index contributed by atoms with van der Waals surface area (Å²) in [6.07, 6.45) is 0.727. The van der Waals surface area contributed by atoms with E-state index in [-0.39, 0.29) is 41.9 Å². The number of aryl methyl sites for hydroxylation is 2. The van der Waals surface area contributed by atoms with E-state index in [0.717, 1.165) is 20.5 Å². The van der Waals surface area contributed by atoms with E-state index in [9.17, 15) is 18.0 Å². The maximum absolute atomic E-state index is 12.8. The first-order valence-electron chi connectivity index (χ1n) is 9.82. The highest BCUT2D eigenvalue weighted by molar-refractivity contribution is 8.01. The summed E-state index contributed by atoms with van der Waals surface area (Å²) in [6, 6.07) is 5.25. The van der Waals surface area contributed by atoms with Crippen molar-refractivity contribution in [3.8, 4) is 0 Å². The number of carbonyl (C=O) groups is 2. The summed E-state index contributed by atoms with van der Waals surface area (Å²) in [5.41, 5.74) is 2.79. The molecular formula is C20H22N4O4S3. The molecule has 0 radical (unpaired) electrons. The molecule has 1 saturated heterocycles. The predicted octanol–water partition coefficient (Wildman–Crippen LogP) is 3.02. The third kappa shape index (κ3) is 5.16. The average Bonchev–Trinajstić information content (AvgIpc) is 3.28.